The second-order valence-electron chi connectivity index (χ2n) is 4.96. The Morgan fingerprint density at radius 1 is 1.10 bits per heavy atom. The van der Waals surface area contributed by atoms with Crippen molar-refractivity contribution in [2.75, 3.05) is 5.32 Å². The molecule has 2 aromatic heterocycles. The molecule has 106 valence electrons. The highest BCUT2D eigenvalue weighted by Crippen LogP contribution is 2.14. The quantitative estimate of drug-likeness (QED) is 0.907. The number of nitrogens with one attached hydrogen (secondary N) is 1. The van der Waals surface area contributed by atoms with Crippen LogP contribution < -0.4 is 10.1 Å². The summed E-state index contributed by atoms with van der Waals surface area (Å²) in [4.78, 5) is 13.1. The molecule has 0 aliphatic carbocycles. The van der Waals surface area contributed by atoms with Gasteiger partial charge in [0.1, 0.15) is 0 Å². The minimum Gasteiger partial charge on any atom is -0.475 e. The van der Waals surface area contributed by atoms with Crippen LogP contribution in [-0.2, 0) is 6.54 Å². The largest absolute Gasteiger partial charge is 0.475 e. The third-order valence-corrected chi connectivity index (χ3v) is 2.56. The maximum atomic E-state index is 5.60. The lowest BCUT2D eigenvalue weighted by molar-refractivity contribution is 0.232. The number of anilines is 1. The van der Waals surface area contributed by atoms with Gasteiger partial charge in [-0.15, -0.1) is 0 Å². The van der Waals surface area contributed by atoms with E-state index in [2.05, 4.69) is 20.3 Å². The molecule has 0 aromatic carbocycles. The van der Waals surface area contributed by atoms with E-state index in [4.69, 9.17) is 4.74 Å². The van der Waals surface area contributed by atoms with Crippen molar-refractivity contribution in [2.24, 2.45) is 0 Å². The molecule has 1 N–H and O–H groups in total. The summed E-state index contributed by atoms with van der Waals surface area (Å²) in [6.07, 6.45) is 0.0931. The highest BCUT2D eigenvalue weighted by atomic mass is 16.5. The van der Waals surface area contributed by atoms with Crippen LogP contribution in [0.25, 0.3) is 0 Å². The lowest BCUT2D eigenvalue weighted by atomic mass is 10.3. The van der Waals surface area contributed by atoms with E-state index in [1.807, 2.05) is 52.0 Å². The van der Waals surface area contributed by atoms with Crippen LogP contribution in [0.15, 0.2) is 24.3 Å². The van der Waals surface area contributed by atoms with E-state index >= 15 is 0 Å². The van der Waals surface area contributed by atoms with Gasteiger partial charge in [-0.2, -0.15) is 4.98 Å². The second kappa shape index (κ2) is 6.32. The average molecular weight is 272 g/mol. The third kappa shape index (κ3) is 4.19. The van der Waals surface area contributed by atoms with Crippen LogP contribution in [0.3, 0.4) is 0 Å². The van der Waals surface area contributed by atoms with Gasteiger partial charge >= 0.3 is 0 Å². The molecule has 0 saturated heterocycles. The number of nitrogens with zero attached hydrogens (tertiary/aromatic N) is 3. The molecule has 0 amide bonds. The maximum absolute atomic E-state index is 5.60. The van der Waals surface area contributed by atoms with Crippen molar-refractivity contribution < 1.29 is 4.74 Å². The molecule has 0 spiro atoms. The Kier molecular flexibility index (Phi) is 4.50. The Bertz CT molecular complexity index is 584. The predicted octanol–water partition coefficient (Wildman–Crippen LogP) is 2.89. The third-order valence-electron chi connectivity index (χ3n) is 2.56. The second-order valence-corrected chi connectivity index (χ2v) is 4.96. The zero-order chi connectivity index (χ0) is 14.5. The summed E-state index contributed by atoms with van der Waals surface area (Å²) in [6, 6.07) is 7.77. The van der Waals surface area contributed by atoms with E-state index in [0.29, 0.717) is 18.4 Å². The molecular formula is C15H20N4O. The molecule has 0 saturated carbocycles. The Labute approximate surface area is 119 Å². The molecule has 5 heteroatoms. The summed E-state index contributed by atoms with van der Waals surface area (Å²) in [5.41, 5.74) is 2.83. The summed E-state index contributed by atoms with van der Waals surface area (Å²) in [6.45, 7) is 8.43. The molecular weight excluding hydrogens is 252 g/mol. The van der Waals surface area contributed by atoms with Crippen molar-refractivity contribution in [1.82, 2.24) is 15.0 Å². The molecule has 0 aliphatic rings. The molecule has 0 unspecified atom stereocenters. The summed E-state index contributed by atoms with van der Waals surface area (Å²) in [5.74, 6) is 1.15. The first kappa shape index (κ1) is 14.2. The van der Waals surface area contributed by atoms with Crippen molar-refractivity contribution in [3.8, 4) is 5.88 Å². The number of pyridine rings is 1. The number of aryl methyl sites for hydroxylation is 2. The van der Waals surface area contributed by atoms with E-state index in [1.54, 1.807) is 0 Å². The molecule has 2 rings (SSSR count). The Balaban J connectivity index is 2.07. The smallest absolute Gasteiger partial charge is 0.226 e. The number of hydrogen-bond acceptors (Lipinski definition) is 5. The summed E-state index contributed by atoms with van der Waals surface area (Å²) in [5, 5.41) is 3.18. The molecule has 0 fully saturated rings. The van der Waals surface area contributed by atoms with Gasteiger partial charge < -0.3 is 10.1 Å². The van der Waals surface area contributed by atoms with Gasteiger partial charge in [0.15, 0.2) is 0 Å². The van der Waals surface area contributed by atoms with Gasteiger partial charge in [0, 0.05) is 17.5 Å². The van der Waals surface area contributed by atoms with Gasteiger partial charge in [0.05, 0.1) is 18.3 Å². The fourth-order valence-corrected chi connectivity index (χ4v) is 1.79. The highest BCUT2D eigenvalue weighted by Gasteiger charge is 2.05. The molecule has 5 nitrogen and oxygen atoms in total. The summed E-state index contributed by atoms with van der Waals surface area (Å²) in [7, 11) is 0. The van der Waals surface area contributed by atoms with Crippen LogP contribution >= 0.6 is 0 Å². The Morgan fingerprint density at radius 2 is 1.90 bits per heavy atom. The molecule has 0 bridgehead atoms. The first-order valence-electron chi connectivity index (χ1n) is 6.71. The van der Waals surface area contributed by atoms with Crippen molar-refractivity contribution in [1.29, 1.82) is 0 Å². The van der Waals surface area contributed by atoms with Gasteiger partial charge in [-0.1, -0.05) is 6.07 Å². The van der Waals surface area contributed by atoms with Crippen molar-refractivity contribution in [3.05, 3.63) is 41.3 Å². The van der Waals surface area contributed by atoms with Gasteiger partial charge in [-0.25, -0.2) is 4.98 Å². The lowest BCUT2D eigenvalue weighted by Gasteiger charge is -2.11. The van der Waals surface area contributed by atoms with Gasteiger partial charge in [0.2, 0.25) is 11.8 Å². The number of rotatable bonds is 5. The fraction of sp³-hybridized carbons (Fsp3) is 0.400. The molecule has 0 radical (unpaired) electrons. The molecule has 2 heterocycles. The monoisotopic (exact) mass is 272 g/mol. The molecule has 0 aliphatic heterocycles. The van der Waals surface area contributed by atoms with Crippen LogP contribution in [0, 0.1) is 13.8 Å². The van der Waals surface area contributed by atoms with Crippen LogP contribution in [0.1, 0.15) is 30.9 Å². The standard InChI is InChI=1S/C15H20N4O/c1-10(2)20-14-8-12(4)18-15(19-14)16-9-13-7-5-6-11(3)17-13/h5-8,10H,9H2,1-4H3,(H,16,18,19). The first-order valence-corrected chi connectivity index (χ1v) is 6.71. The molecule has 0 atom stereocenters. The zero-order valence-electron chi connectivity index (χ0n) is 12.3. The number of aromatic nitrogens is 3. The maximum Gasteiger partial charge on any atom is 0.226 e. The van der Waals surface area contributed by atoms with E-state index in [0.717, 1.165) is 17.1 Å². The van der Waals surface area contributed by atoms with Gasteiger partial charge in [0.25, 0.3) is 0 Å². The fourth-order valence-electron chi connectivity index (χ4n) is 1.79. The number of ether oxygens (including phenoxy) is 1. The van der Waals surface area contributed by atoms with Crippen LogP contribution in [-0.4, -0.2) is 21.1 Å². The average Bonchev–Trinajstić information content (AvgIpc) is 2.35. The van der Waals surface area contributed by atoms with E-state index in [9.17, 15) is 0 Å². The van der Waals surface area contributed by atoms with Crippen LogP contribution in [0.4, 0.5) is 5.95 Å². The summed E-state index contributed by atoms with van der Waals surface area (Å²) >= 11 is 0. The van der Waals surface area contributed by atoms with Crippen molar-refractivity contribution in [2.45, 2.75) is 40.3 Å². The van der Waals surface area contributed by atoms with E-state index in [-0.39, 0.29) is 6.10 Å². The zero-order valence-corrected chi connectivity index (χ0v) is 12.3. The highest BCUT2D eigenvalue weighted by molar-refractivity contribution is 5.31. The minimum absolute atomic E-state index is 0.0931. The minimum atomic E-state index is 0.0931. The van der Waals surface area contributed by atoms with E-state index < -0.39 is 0 Å². The summed E-state index contributed by atoms with van der Waals surface area (Å²) < 4.78 is 5.60. The van der Waals surface area contributed by atoms with E-state index in [1.165, 1.54) is 0 Å². The van der Waals surface area contributed by atoms with Crippen molar-refractivity contribution in [3.63, 3.8) is 0 Å². The first-order chi connectivity index (χ1) is 9.52. The molecule has 20 heavy (non-hydrogen) atoms. The topological polar surface area (TPSA) is 59.9 Å². The van der Waals surface area contributed by atoms with Gasteiger partial charge in [-0.3, -0.25) is 4.98 Å². The van der Waals surface area contributed by atoms with Gasteiger partial charge in [-0.05, 0) is 39.8 Å². The Hall–Kier alpha value is -2.17. The number of hydrogen-bond donors (Lipinski definition) is 1. The predicted molar refractivity (Wildman–Crippen MR) is 78.8 cm³/mol. The van der Waals surface area contributed by atoms with Crippen LogP contribution in [0.5, 0.6) is 5.88 Å². The lowest BCUT2D eigenvalue weighted by Crippen LogP contribution is -2.10. The molecule has 2 aromatic rings. The SMILES string of the molecule is Cc1cccc(CNc2nc(C)cc(OC(C)C)n2)n1. The Morgan fingerprint density at radius 3 is 2.60 bits per heavy atom. The van der Waals surface area contributed by atoms with Crippen molar-refractivity contribution >= 4 is 5.95 Å². The van der Waals surface area contributed by atoms with Crippen LogP contribution in [0.2, 0.25) is 0 Å². The normalized spacial score (nSPS) is 10.7.